The van der Waals surface area contributed by atoms with Crippen LogP contribution in [0.1, 0.15) is 220 Å². The van der Waals surface area contributed by atoms with Gasteiger partial charge in [-0.25, -0.2) is 4.79 Å². The number of rotatable bonds is 42. The maximum absolute atomic E-state index is 12.8. The molecule has 0 saturated carbocycles. The van der Waals surface area contributed by atoms with E-state index in [1.54, 1.807) is 0 Å². The van der Waals surface area contributed by atoms with Gasteiger partial charge in [0.2, 0.25) is 0 Å². The second-order valence-corrected chi connectivity index (χ2v) is 15.8. The number of carbonyl (C=O) groups excluding carboxylic acids is 3. The number of hydrogen-bond acceptors (Lipinski definition) is 7. The molecule has 1 unspecified atom stereocenters. The van der Waals surface area contributed by atoms with Crippen LogP contribution in [0.4, 0.5) is 4.79 Å². The summed E-state index contributed by atoms with van der Waals surface area (Å²) in [6, 6.07) is 0. The zero-order valence-corrected chi connectivity index (χ0v) is 37.2. The number of ether oxygens (including phenoxy) is 3. The average molecular weight is 791 g/mol. The topological polar surface area (TPSA) is 94.2 Å². The monoisotopic (exact) mass is 791 g/mol. The summed E-state index contributed by atoms with van der Waals surface area (Å²) in [6.07, 6.45) is 41.9. The van der Waals surface area contributed by atoms with Gasteiger partial charge in [-0.05, 0) is 90.1 Å². The fourth-order valence-electron chi connectivity index (χ4n) is 6.80. The molecule has 1 N–H and O–H groups in total. The predicted molar refractivity (Wildman–Crippen MR) is 236 cm³/mol. The van der Waals surface area contributed by atoms with Gasteiger partial charge < -0.3 is 19.5 Å². The fraction of sp³-hybridized carbons (Fsp3) is 0.854. The Morgan fingerprint density at radius 1 is 0.482 bits per heavy atom. The molecular formula is C48H90N2O6. The van der Waals surface area contributed by atoms with Crippen LogP contribution in [-0.4, -0.2) is 68.4 Å². The van der Waals surface area contributed by atoms with Crippen LogP contribution < -0.4 is 5.32 Å². The maximum Gasteiger partial charge on any atom is 0.407 e. The number of hydrogen-bond donors (Lipinski definition) is 1. The predicted octanol–water partition coefficient (Wildman–Crippen LogP) is 13.4. The Morgan fingerprint density at radius 3 is 1.34 bits per heavy atom. The lowest BCUT2D eigenvalue weighted by atomic mass is 10.1. The van der Waals surface area contributed by atoms with Gasteiger partial charge in [-0.2, -0.15) is 0 Å². The third-order valence-corrected chi connectivity index (χ3v) is 10.2. The van der Waals surface area contributed by atoms with Crippen LogP contribution in [0.5, 0.6) is 0 Å². The molecule has 0 radical (unpaired) electrons. The number of unbranched alkanes of at least 4 members (excludes halogenated alkanes) is 22. The third-order valence-electron chi connectivity index (χ3n) is 10.2. The van der Waals surface area contributed by atoms with E-state index in [1.165, 1.54) is 109 Å². The Kier molecular flexibility index (Phi) is 41.9. The van der Waals surface area contributed by atoms with Crippen LogP contribution in [0.15, 0.2) is 24.3 Å². The molecule has 0 aromatic rings. The first-order chi connectivity index (χ1) is 27.5. The van der Waals surface area contributed by atoms with Crippen molar-refractivity contribution in [3.63, 3.8) is 0 Å². The van der Waals surface area contributed by atoms with Crippen LogP contribution in [0.25, 0.3) is 0 Å². The van der Waals surface area contributed by atoms with Gasteiger partial charge in [0.25, 0.3) is 0 Å². The van der Waals surface area contributed by atoms with Crippen molar-refractivity contribution < 1.29 is 28.6 Å². The van der Waals surface area contributed by atoms with Crippen LogP contribution >= 0.6 is 0 Å². The summed E-state index contributed by atoms with van der Waals surface area (Å²) >= 11 is 0. The molecular weight excluding hydrogens is 701 g/mol. The summed E-state index contributed by atoms with van der Waals surface area (Å²) in [4.78, 5) is 40.0. The number of allylic oxidation sites excluding steroid dienone is 4. The van der Waals surface area contributed by atoms with Crippen molar-refractivity contribution >= 4 is 18.0 Å². The minimum absolute atomic E-state index is 0.0330. The van der Waals surface area contributed by atoms with Gasteiger partial charge in [-0.15, -0.1) is 0 Å². The van der Waals surface area contributed by atoms with Gasteiger partial charge in [0.05, 0.1) is 6.54 Å². The zero-order valence-electron chi connectivity index (χ0n) is 37.2. The van der Waals surface area contributed by atoms with E-state index in [0.29, 0.717) is 19.4 Å². The Morgan fingerprint density at radius 2 is 0.893 bits per heavy atom. The van der Waals surface area contributed by atoms with Crippen LogP contribution in [0.3, 0.4) is 0 Å². The Balaban J connectivity index is 4.41. The van der Waals surface area contributed by atoms with Crippen LogP contribution in [0.2, 0.25) is 0 Å². The van der Waals surface area contributed by atoms with Crippen LogP contribution in [0, 0.1) is 0 Å². The molecule has 0 saturated heterocycles. The van der Waals surface area contributed by atoms with E-state index in [9.17, 15) is 14.4 Å². The summed E-state index contributed by atoms with van der Waals surface area (Å²) in [6.45, 7) is 11.7. The molecule has 0 aromatic carbocycles. The van der Waals surface area contributed by atoms with E-state index < -0.39 is 12.2 Å². The zero-order chi connectivity index (χ0) is 41.0. The highest BCUT2D eigenvalue weighted by molar-refractivity contribution is 5.70. The molecule has 328 valence electrons. The smallest absolute Gasteiger partial charge is 0.407 e. The molecule has 8 heteroatoms. The third kappa shape index (κ3) is 39.9. The summed E-state index contributed by atoms with van der Waals surface area (Å²) in [5.41, 5.74) is 0. The molecule has 1 atom stereocenters. The molecule has 1 amide bonds. The van der Waals surface area contributed by atoms with Gasteiger partial charge >= 0.3 is 18.0 Å². The maximum atomic E-state index is 12.8. The lowest BCUT2D eigenvalue weighted by molar-refractivity contribution is -0.158. The van der Waals surface area contributed by atoms with Gasteiger partial charge in [-0.1, -0.05) is 155 Å². The summed E-state index contributed by atoms with van der Waals surface area (Å²) in [7, 11) is 0. The van der Waals surface area contributed by atoms with E-state index in [1.807, 2.05) is 0 Å². The minimum atomic E-state index is -0.757. The summed E-state index contributed by atoms with van der Waals surface area (Å²) in [5, 5.41) is 2.71. The first-order valence-electron chi connectivity index (χ1n) is 23.7. The summed E-state index contributed by atoms with van der Waals surface area (Å²) in [5.74, 6) is -0.624. The van der Waals surface area contributed by atoms with Crippen molar-refractivity contribution in [2.24, 2.45) is 0 Å². The Labute approximate surface area is 346 Å². The molecule has 0 heterocycles. The second-order valence-electron chi connectivity index (χ2n) is 15.8. The largest absolute Gasteiger partial charge is 0.462 e. The van der Waals surface area contributed by atoms with E-state index in [-0.39, 0.29) is 31.7 Å². The Bertz CT molecular complexity index is 933. The second kappa shape index (κ2) is 43.8. The molecule has 0 aliphatic carbocycles. The van der Waals surface area contributed by atoms with Crippen molar-refractivity contribution in [1.29, 1.82) is 0 Å². The van der Waals surface area contributed by atoms with Gasteiger partial charge in [0, 0.05) is 19.4 Å². The molecule has 0 rings (SSSR count). The molecule has 0 bridgehead atoms. The molecule has 0 aromatic heterocycles. The molecule has 8 nitrogen and oxygen atoms in total. The molecule has 0 fully saturated rings. The van der Waals surface area contributed by atoms with Crippen molar-refractivity contribution in [1.82, 2.24) is 10.2 Å². The lowest BCUT2D eigenvalue weighted by Gasteiger charge is -2.21. The SMILES string of the molecule is CCCCCCCCC=CCCCCCCCC(=O)OCC(CNC(=O)OCCN(CCC)CCC)OC(=O)CCCCCCCC=CCCCCCCCC. The van der Waals surface area contributed by atoms with Gasteiger partial charge in [0.15, 0.2) is 6.10 Å². The number of carbonyl (C=O) groups is 3. The highest BCUT2D eigenvalue weighted by Crippen LogP contribution is 2.13. The fourth-order valence-corrected chi connectivity index (χ4v) is 6.80. The van der Waals surface area contributed by atoms with E-state index >= 15 is 0 Å². The average Bonchev–Trinajstić information content (AvgIpc) is 3.19. The number of esters is 2. The Hall–Kier alpha value is -2.35. The van der Waals surface area contributed by atoms with Crippen LogP contribution in [-0.2, 0) is 23.8 Å². The molecule has 0 spiro atoms. The summed E-state index contributed by atoms with van der Waals surface area (Å²) < 4.78 is 16.6. The van der Waals surface area contributed by atoms with Gasteiger partial charge in [0.1, 0.15) is 13.2 Å². The highest BCUT2D eigenvalue weighted by Gasteiger charge is 2.19. The molecule has 0 aliphatic rings. The van der Waals surface area contributed by atoms with Gasteiger partial charge in [-0.3, -0.25) is 14.5 Å². The number of nitrogens with zero attached hydrogens (tertiary/aromatic N) is 1. The molecule has 56 heavy (non-hydrogen) atoms. The standard InChI is InChI=1S/C48H90N2O6/c1-5-9-11-13-15-17-19-21-23-25-27-29-31-33-35-37-46(51)55-44-45(43-49-48(53)54-42-41-50(39-7-3)40-8-4)56-47(52)38-36-34-32-30-28-26-24-22-20-18-16-14-12-10-6-2/h21-24,45H,5-20,25-44H2,1-4H3,(H,49,53). The van der Waals surface area contributed by atoms with E-state index in [4.69, 9.17) is 14.2 Å². The van der Waals surface area contributed by atoms with Crippen molar-refractivity contribution in [3.8, 4) is 0 Å². The van der Waals surface area contributed by atoms with E-state index in [0.717, 1.165) is 83.7 Å². The quantitative estimate of drug-likeness (QED) is 0.0285. The first-order valence-corrected chi connectivity index (χ1v) is 23.7. The van der Waals surface area contributed by atoms with Crippen molar-refractivity contribution in [3.05, 3.63) is 24.3 Å². The number of nitrogens with one attached hydrogen (secondary N) is 1. The van der Waals surface area contributed by atoms with Crippen molar-refractivity contribution in [2.45, 2.75) is 226 Å². The number of alkyl carbamates (subject to hydrolysis) is 1. The molecule has 0 aliphatic heterocycles. The minimum Gasteiger partial charge on any atom is -0.462 e. The normalized spacial score (nSPS) is 12.2. The lowest BCUT2D eigenvalue weighted by Crippen LogP contribution is -2.39. The van der Waals surface area contributed by atoms with E-state index in [2.05, 4.69) is 62.2 Å². The number of amides is 1. The highest BCUT2D eigenvalue weighted by atomic mass is 16.6. The van der Waals surface area contributed by atoms with Crippen molar-refractivity contribution in [2.75, 3.05) is 39.4 Å². The first kappa shape index (κ1) is 53.6.